The minimum Gasteiger partial charge on any atom is -0.504 e. The zero-order chi connectivity index (χ0) is 8.59. The minimum absolute atomic E-state index is 0.0168. The molecule has 11 heavy (non-hydrogen) atoms. The van der Waals surface area contributed by atoms with Crippen LogP contribution in [0.25, 0.3) is 0 Å². The number of hydrogen-bond donors (Lipinski definition) is 1. The van der Waals surface area contributed by atoms with Crippen LogP contribution in [0.2, 0.25) is 0 Å². The molecule has 2 atom stereocenters. The molecule has 0 heterocycles. The molecular weight excluding hydrogens is 187 g/mol. The van der Waals surface area contributed by atoms with Gasteiger partial charge in [-0.25, -0.2) is 0 Å². The lowest BCUT2D eigenvalue weighted by atomic mass is 9.95. The summed E-state index contributed by atoms with van der Waals surface area (Å²) in [7, 11) is 0. The van der Waals surface area contributed by atoms with E-state index in [-0.39, 0.29) is 16.7 Å². The van der Waals surface area contributed by atoms with E-state index in [0.29, 0.717) is 6.42 Å². The number of ketones is 1. The number of alkyl halides is 1. The van der Waals surface area contributed by atoms with E-state index in [1.54, 1.807) is 0 Å². The van der Waals surface area contributed by atoms with Gasteiger partial charge in [0, 0.05) is 0 Å². The van der Waals surface area contributed by atoms with Crippen LogP contribution in [0, 0.1) is 5.92 Å². The summed E-state index contributed by atoms with van der Waals surface area (Å²) in [6, 6.07) is 0. The molecule has 4 heteroatoms. The van der Waals surface area contributed by atoms with E-state index in [1.807, 2.05) is 6.92 Å². The molecule has 1 N–H and O–H groups in total. The number of carbonyl (C=O) groups excluding carboxylic acids is 1. The maximum atomic E-state index is 11.0. The number of aliphatic hydroxyl groups is 1. The zero-order valence-corrected chi connectivity index (χ0v) is 7.49. The predicted octanol–water partition coefficient (Wildman–Crippen LogP) is 2.21. The van der Waals surface area contributed by atoms with E-state index in [0.717, 1.165) is 0 Å². The average Bonchev–Trinajstić information content (AvgIpc) is 1.97. The highest BCUT2D eigenvalue weighted by Gasteiger charge is 2.31. The third-order valence-corrected chi connectivity index (χ3v) is 2.67. The molecule has 0 aromatic carbocycles. The van der Waals surface area contributed by atoms with Crippen molar-refractivity contribution >= 4 is 29.0 Å². The van der Waals surface area contributed by atoms with Crippen LogP contribution in [0.4, 0.5) is 0 Å². The SMILES string of the molecule is CC1CC(Cl)C(=O)C(O)=C1Cl. The van der Waals surface area contributed by atoms with Crippen molar-refractivity contribution in [2.75, 3.05) is 0 Å². The Labute approximate surface area is 74.8 Å². The lowest BCUT2D eigenvalue weighted by molar-refractivity contribution is -0.118. The van der Waals surface area contributed by atoms with Gasteiger partial charge in [0.15, 0.2) is 5.76 Å². The first-order valence-electron chi connectivity index (χ1n) is 3.31. The smallest absolute Gasteiger partial charge is 0.216 e. The van der Waals surface area contributed by atoms with E-state index in [4.69, 9.17) is 28.3 Å². The van der Waals surface area contributed by atoms with Crippen LogP contribution in [-0.2, 0) is 4.79 Å². The van der Waals surface area contributed by atoms with Crippen LogP contribution in [-0.4, -0.2) is 16.3 Å². The van der Waals surface area contributed by atoms with Crippen molar-refractivity contribution in [2.24, 2.45) is 5.92 Å². The summed E-state index contributed by atoms with van der Waals surface area (Å²) in [6.45, 7) is 1.82. The molecule has 0 spiro atoms. The standard InChI is InChI=1S/C7H8Cl2O2/c1-3-2-4(8)6(10)7(11)5(3)9/h3-4,11H,2H2,1H3. The van der Waals surface area contributed by atoms with Crippen LogP contribution >= 0.6 is 23.2 Å². The van der Waals surface area contributed by atoms with Gasteiger partial charge in [0.25, 0.3) is 0 Å². The molecule has 62 valence electrons. The van der Waals surface area contributed by atoms with Crippen LogP contribution < -0.4 is 0 Å². The summed E-state index contributed by atoms with van der Waals surface area (Å²) in [4.78, 5) is 11.0. The molecule has 0 bridgehead atoms. The second kappa shape index (κ2) is 3.03. The summed E-state index contributed by atoms with van der Waals surface area (Å²) in [5.41, 5.74) is 0. The van der Waals surface area contributed by atoms with E-state index >= 15 is 0 Å². The largest absolute Gasteiger partial charge is 0.504 e. The summed E-state index contributed by atoms with van der Waals surface area (Å²) in [5, 5.41) is 8.71. The van der Waals surface area contributed by atoms with Crippen molar-refractivity contribution in [2.45, 2.75) is 18.7 Å². The van der Waals surface area contributed by atoms with Gasteiger partial charge in [-0.1, -0.05) is 18.5 Å². The van der Waals surface area contributed by atoms with Gasteiger partial charge in [0.2, 0.25) is 5.78 Å². The number of rotatable bonds is 0. The molecule has 0 saturated heterocycles. The second-order valence-corrected chi connectivity index (χ2v) is 3.60. The first-order chi connectivity index (χ1) is 5.04. The van der Waals surface area contributed by atoms with E-state index < -0.39 is 11.2 Å². The fourth-order valence-electron chi connectivity index (χ4n) is 1.02. The Morgan fingerprint density at radius 2 is 2.18 bits per heavy atom. The number of allylic oxidation sites excluding steroid dienone is 2. The fraction of sp³-hybridized carbons (Fsp3) is 0.571. The summed E-state index contributed by atoms with van der Waals surface area (Å²) in [5.74, 6) is -0.850. The monoisotopic (exact) mass is 194 g/mol. The van der Waals surface area contributed by atoms with Crippen molar-refractivity contribution in [1.82, 2.24) is 0 Å². The molecule has 1 aliphatic carbocycles. The normalized spacial score (nSPS) is 32.8. The highest BCUT2D eigenvalue weighted by Crippen LogP contribution is 2.31. The highest BCUT2D eigenvalue weighted by atomic mass is 35.5. The molecule has 0 aromatic heterocycles. The molecule has 0 aliphatic heterocycles. The van der Waals surface area contributed by atoms with Crippen molar-refractivity contribution < 1.29 is 9.90 Å². The molecule has 0 radical (unpaired) electrons. The maximum Gasteiger partial charge on any atom is 0.216 e. The van der Waals surface area contributed by atoms with Gasteiger partial charge in [-0.3, -0.25) is 4.79 Å². The summed E-state index contributed by atoms with van der Waals surface area (Å²) < 4.78 is 0. The van der Waals surface area contributed by atoms with E-state index in [9.17, 15) is 4.79 Å². The zero-order valence-electron chi connectivity index (χ0n) is 5.97. The lowest BCUT2D eigenvalue weighted by Gasteiger charge is -2.20. The number of aliphatic hydroxyl groups excluding tert-OH is 1. The Hall–Kier alpha value is -0.210. The molecule has 0 aromatic rings. The van der Waals surface area contributed by atoms with Crippen LogP contribution in [0.5, 0.6) is 0 Å². The third kappa shape index (κ3) is 1.52. The fourth-order valence-corrected chi connectivity index (χ4v) is 1.57. The third-order valence-electron chi connectivity index (χ3n) is 1.74. The molecule has 0 amide bonds. The van der Waals surface area contributed by atoms with Gasteiger partial charge in [0.1, 0.15) is 5.38 Å². The summed E-state index contributed by atoms with van der Waals surface area (Å²) in [6.07, 6.45) is 0.503. The molecule has 0 fully saturated rings. The second-order valence-electron chi connectivity index (χ2n) is 2.67. The van der Waals surface area contributed by atoms with Crippen LogP contribution in [0.1, 0.15) is 13.3 Å². The summed E-state index contributed by atoms with van der Waals surface area (Å²) >= 11 is 11.2. The number of Topliss-reactive ketones (excluding diaryl/α,β-unsaturated/α-hetero) is 1. The lowest BCUT2D eigenvalue weighted by Crippen LogP contribution is -2.26. The number of hydrogen-bond acceptors (Lipinski definition) is 2. The van der Waals surface area contributed by atoms with E-state index in [1.165, 1.54) is 0 Å². The Bertz CT molecular complexity index is 222. The molecular formula is C7H8Cl2O2. The molecule has 1 aliphatic rings. The number of halogens is 2. The maximum absolute atomic E-state index is 11.0. The Morgan fingerprint density at radius 3 is 2.73 bits per heavy atom. The first kappa shape index (κ1) is 8.88. The van der Waals surface area contributed by atoms with Gasteiger partial charge in [-0.15, -0.1) is 11.6 Å². The van der Waals surface area contributed by atoms with Crippen molar-refractivity contribution in [1.29, 1.82) is 0 Å². The first-order valence-corrected chi connectivity index (χ1v) is 4.12. The number of carbonyl (C=O) groups is 1. The van der Waals surface area contributed by atoms with Crippen molar-refractivity contribution in [3.05, 3.63) is 10.8 Å². The quantitative estimate of drug-likeness (QED) is 0.601. The Kier molecular flexibility index (Phi) is 2.45. The average molecular weight is 195 g/mol. The highest BCUT2D eigenvalue weighted by molar-refractivity contribution is 6.38. The van der Waals surface area contributed by atoms with Crippen LogP contribution in [0.3, 0.4) is 0 Å². The Morgan fingerprint density at radius 1 is 1.64 bits per heavy atom. The van der Waals surface area contributed by atoms with Gasteiger partial charge in [-0.05, 0) is 12.3 Å². The molecule has 0 saturated carbocycles. The van der Waals surface area contributed by atoms with Gasteiger partial charge < -0.3 is 5.11 Å². The van der Waals surface area contributed by atoms with Gasteiger partial charge >= 0.3 is 0 Å². The topological polar surface area (TPSA) is 37.3 Å². The Balaban J connectivity index is 2.98. The van der Waals surface area contributed by atoms with Crippen molar-refractivity contribution in [3.63, 3.8) is 0 Å². The van der Waals surface area contributed by atoms with Crippen molar-refractivity contribution in [3.8, 4) is 0 Å². The molecule has 1 rings (SSSR count). The van der Waals surface area contributed by atoms with E-state index in [2.05, 4.69) is 0 Å². The van der Waals surface area contributed by atoms with Gasteiger partial charge in [0.05, 0.1) is 5.03 Å². The minimum atomic E-state index is -0.618. The molecule has 2 unspecified atom stereocenters. The molecule has 2 nitrogen and oxygen atoms in total. The predicted molar refractivity (Wildman–Crippen MR) is 43.9 cm³/mol. The van der Waals surface area contributed by atoms with Crippen LogP contribution in [0.15, 0.2) is 10.8 Å². The van der Waals surface area contributed by atoms with Gasteiger partial charge in [-0.2, -0.15) is 0 Å².